The van der Waals surface area contributed by atoms with E-state index in [4.69, 9.17) is 4.74 Å². The van der Waals surface area contributed by atoms with Gasteiger partial charge in [-0.25, -0.2) is 4.98 Å². The number of anilines is 1. The summed E-state index contributed by atoms with van der Waals surface area (Å²) < 4.78 is 7.68. The van der Waals surface area contributed by atoms with Crippen LogP contribution in [-0.4, -0.2) is 28.8 Å². The Bertz CT molecular complexity index is 439. The number of hydrogen-bond acceptors (Lipinski definition) is 3. The lowest BCUT2D eigenvalue weighted by Gasteiger charge is -2.39. The minimum absolute atomic E-state index is 0.355. The lowest BCUT2D eigenvalue weighted by Crippen LogP contribution is -2.39. The van der Waals surface area contributed by atoms with Crippen LogP contribution in [0.5, 0.6) is 0 Å². The summed E-state index contributed by atoms with van der Waals surface area (Å²) in [5.74, 6) is 1.03. The number of ether oxygens (including phenoxy) is 1. The Morgan fingerprint density at radius 3 is 2.95 bits per heavy atom. The van der Waals surface area contributed by atoms with Crippen LogP contribution in [-0.2, 0) is 11.3 Å². The number of aryl methyl sites for hydroxylation is 2. The fraction of sp³-hybridized carbons (Fsp3) is 0.824. The molecule has 1 saturated carbocycles. The minimum atomic E-state index is 0.355. The van der Waals surface area contributed by atoms with Crippen LogP contribution in [0.15, 0.2) is 6.20 Å². The number of rotatable bonds is 7. The maximum Gasteiger partial charge on any atom is 0.203 e. The van der Waals surface area contributed by atoms with E-state index in [-0.39, 0.29) is 0 Å². The maximum atomic E-state index is 5.43. The van der Waals surface area contributed by atoms with Crippen molar-refractivity contribution in [1.29, 1.82) is 0 Å². The lowest BCUT2D eigenvalue weighted by molar-refractivity contribution is 0.141. The van der Waals surface area contributed by atoms with Crippen LogP contribution in [0.3, 0.4) is 0 Å². The van der Waals surface area contributed by atoms with E-state index in [1.165, 1.54) is 25.7 Å². The molecule has 1 unspecified atom stereocenters. The number of nitrogens with one attached hydrogen (secondary N) is 1. The fourth-order valence-electron chi connectivity index (χ4n) is 3.23. The minimum Gasteiger partial charge on any atom is -0.382 e. The molecule has 1 aliphatic carbocycles. The van der Waals surface area contributed by atoms with Crippen LogP contribution in [0.1, 0.15) is 58.6 Å². The van der Waals surface area contributed by atoms with Crippen molar-refractivity contribution < 1.29 is 4.74 Å². The average molecular weight is 293 g/mol. The van der Waals surface area contributed by atoms with Gasteiger partial charge in [-0.2, -0.15) is 0 Å². The molecule has 0 spiro atoms. The van der Waals surface area contributed by atoms with Crippen molar-refractivity contribution >= 4 is 5.95 Å². The van der Waals surface area contributed by atoms with Gasteiger partial charge in [0, 0.05) is 32.0 Å². The molecule has 1 atom stereocenters. The Balaban J connectivity index is 1.98. The molecule has 1 aromatic rings. The second-order valence-electron chi connectivity index (χ2n) is 6.88. The van der Waals surface area contributed by atoms with Gasteiger partial charge in [0.2, 0.25) is 5.95 Å². The third-order valence-electron chi connectivity index (χ3n) is 4.60. The van der Waals surface area contributed by atoms with Crippen LogP contribution in [0, 0.1) is 12.3 Å². The summed E-state index contributed by atoms with van der Waals surface area (Å²) in [5, 5.41) is 3.71. The van der Waals surface area contributed by atoms with Crippen molar-refractivity contribution in [2.45, 2.75) is 72.4 Å². The van der Waals surface area contributed by atoms with Gasteiger partial charge in [0.25, 0.3) is 0 Å². The summed E-state index contributed by atoms with van der Waals surface area (Å²) in [4.78, 5) is 4.68. The Kier molecular flexibility index (Phi) is 5.68. The third kappa shape index (κ3) is 4.47. The van der Waals surface area contributed by atoms with Gasteiger partial charge in [0.15, 0.2) is 0 Å². The molecule has 4 heteroatoms. The zero-order valence-electron chi connectivity index (χ0n) is 14.1. The van der Waals surface area contributed by atoms with Gasteiger partial charge in [0.1, 0.15) is 0 Å². The van der Waals surface area contributed by atoms with Crippen molar-refractivity contribution in [3.8, 4) is 0 Å². The molecule has 1 heterocycles. The van der Waals surface area contributed by atoms with Crippen molar-refractivity contribution in [1.82, 2.24) is 9.55 Å². The summed E-state index contributed by atoms with van der Waals surface area (Å²) in [6.45, 7) is 11.4. The number of aromatic nitrogens is 2. The summed E-state index contributed by atoms with van der Waals surface area (Å²) in [5.41, 5.74) is 1.44. The number of imidazole rings is 1. The van der Waals surface area contributed by atoms with E-state index >= 15 is 0 Å². The first-order valence-corrected chi connectivity index (χ1v) is 8.41. The molecule has 21 heavy (non-hydrogen) atoms. The predicted octanol–water partition coefficient (Wildman–Crippen LogP) is 4.00. The zero-order valence-corrected chi connectivity index (χ0v) is 14.1. The van der Waals surface area contributed by atoms with Crippen LogP contribution in [0.25, 0.3) is 0 Å². The maximum absolute atomic E-state index is 5.43. The predicted molar refractivity (Wildman–Crippen MR) is 87.7 cm³/mol. The smallest absolute Gasteiger partial charge is 0.203 e. The van der Waals surface area contributed by atoms with E-state index in [9.17, 15) is 0 Å². The largest absolute Gasteiger partial charge is 0.382 e. The molecule has 1 N–H and O–H groups in total. The molecule has 1 fully saturated rings. The molecule has 0 aromatic carbocycles. The molecule has 0 bridgehead atoms. The van der Waals surface area contributed by atoms with Gasteiger partial charge in [-0.1, -0.05) is 26.7 Å². The van der Waals surface area contributed by atoms with Crippen LogP contribution < -0.4 is 5.32 Å². The molecule has 0 saturated heterocycles. The monoisotopic (exact) mass is 293 g/mol. The molecular formula is C17H31N3O. The molecule has 120 valence electrons. The number of hydrogen-bond donors (Lipinski definition) is 1. The highest BCUT2D eigenvalue weighted by Crippen LogP contribution is 2.37. The fourth-order valence-corrected chi connectivity index (χ4v) is 3.23. The van der Waals surface area contributed by atoms with E-state index in [0.717, 1.165) is 37.8 Å². The molecule has 0 radical (unpaired) electrons. The third-order valence-corrected chi connectivity index (χ3v) is 4.60. The van der Waals surface area contributed by atoms with Gasteiger partial charge < -0.3 is 14.6 Å². The van der Waals surface area contributed by atoms with Crippen molar-refractivity contribution in [2.75, 3.05) is 18.5 Å². The summed E-state index contributed by atoms with van der Waals surface area (Å²) in [6.07, 6.45) is 8.40. The topological polar surface area (TPSA) is 39.1 Å². The molecular weight excluding hydrogens is 262 g/mol. The van der Waals surface area contributed by atoms with E-state index in [1.807, 2.05) is 6.92 Å². The first-order chi connectivity index (χ1) is 10.0. The molecule has 0 aliphatic heterocycles. The second kappa shape index (κ2) is 7.30. The summed E-state index contributed by atoms with van der Waals surface area (Å²) in [6, 6.07) is 0.527. The van der Waals surface area contributed by atoms with Gasteiger partial charge in [-0.15, -0.1) is 0 Å². The Hall–Kier alpha value is -1.03. The zero-order chi connectivity index (χ0) is 15.3. The normalized spacial score (nSPS) is 21.4. The highest BCUT2D eigenvalue weighted by molar-refractivity contribution is 5.31. The number of nitrogens with zero attached hydrogens (tertiary/aromatic N) is 2. The van der Waals surface area contributed by atoms with Crippen LogP contribution in [0.4, 0.5) is 5.95 Å². The lowest BCUT2D eigenvalue weighted by atomic mass is 9.73. The van der Waals surface area contributed by atoms with Crippen LogP contribution >= 0.6 is 0 Å². The van der Waals surface area contributed by atoms with Gasteiger partial charge in [-0.05, 0) is 38.5 Å². The molecule has 4 nitrogen and oxygen atoms in total. The molecule has 0 amide bonds. The first kappa shape index (κ1) is 16.3. The van der Waals surface area contributed by atoms with E-state index in [0.29, 0.717) is 11.5 Å². The van der Waals surface area contributed by atoms with Crippen LogP contribution in [0.2, 0.25) is 0 Å². The quantitative estimate of drug-likeness (QED) is 0.772. The summed E-state index contributed by atoms with van der Waals surface area (Å²) >= 11 is 0. The van der Waals surface area contributed by atoms with Crippen molar-refractivity contribution in [3.63, 3.8) is 0 Å². The standard InChI is InChI=1S/C17H31N3O/c1-5-21-12-8-11-20-13-14(2)18-16(20)19-15-9-6-7-10-17(15,3)4/h13,15H,5-12H2,1-4H3,(H,18,19). The Morgan fingerprint density at radius 2 is 2.24 bits per heavy atom. The van der Waals surface area contributed by atoms with E-state index in [2.05, 4.69) is 41.8 Å². The highest BCUT2D eigenvalue weighted by Gasteiger charge is 2.32. The first-order valence-electron chi connectivity index (χ1n) is 8.41. The molecule has 1 aliphatic rings. The van der Waals surface area contributed by atoms with E-state index in [1.54, 1.807) is 0 Å². The van der Waals surface area contributed by atoms with Gasteiger partial charge in [0.05, 0.1) is 5.69 Å². The molecule has 2 rings (SSSR count). The van der Waals surface area contributed by atoms with Gasteiger partial charge in [-0.3, -0.25) is 0 Å². The van der Waals surface area contributed by atoms with Crippen molar-refractivity contribution in [2.24, 2.45) is 5.41 Å². The molecule has 1 aromatic heterocycles. The average Bonchev–Trinajstić information content (AvgIpc) is 2.77. The second-order valence-corrected chi connectivity index (χ2v) is 6.88. The van der Waals surface area contributed by atoms with Crippen molar-refractivity contribution in [3.05, 3.63) is 11.9 Å². The van der Waals surface area contributed by atoms with Gasteiger partial charge >= 0.3 is 0 Å². The Labute approximate surface area is 129 Å². The SMILES string of the molecule is CCOCCCn1cc(C)nc1NC1CCCCC1(C)C. The Morgan fingerprint density at radius 1 is 1.43 bits per heavy atom. The van der Waals surface area contributed by atoms with E-state index < -0.39 is 0 Å². The summed E-state index contributed by atoms with van der Waals surface area (Å²) in [7, 11) is 0. The highest BCUT2D eigenvalue weighted by atomic mass is 16.5.